The van der Waals surface area contributed by atoms with Crippen LogP contribution < -0.4 is 4.72 Å². The van der Waals surface area contributed by atoms with Gasteiger partial charge in [0.2, 0.25) is 10.0 Å². The Kier molecular flexibility index (Phi) is 6.95. The Morgan fingerprint density at radius 2 is 2.12 bits per heavy atom. The van der Waals surface area contributed by atoms with Crippen molar-refractivity contribution in [1.29, 1.82) is 0 Å². The Labute approximate surface area is 104 Å². The normalized spacial score (nSPS) is 16.9. The molecule has 0 rings (SSSR count). The second kappa shape index (κ2) is 7.09. The molecule has 94 valence electrons. The Hall–Kier alpha value is -0.320. The van der Waals surface area contributed by atoms with Gasteiger partial charge in [-0.3, -0.25) is 0 Å². The lowest BCUT2D eigenvalue weighted by Crippen LogP contribution is -2.25. The molecule has 2 atom stereocenters. The zero-order valence-corrected chi connectivity index (χ0v) is 11.6. The lowest BCUT2D eigenvalue weighted by molar-refractivity contribution is 0.586. The molecule has 16 heavy (non-hydrogen) atoms. The average Bonchev–Trinajstić information content (AvgIpc) is 2.24. The molecule has 0 spiro atoms. The second-order valence-corrected chi connectivity index (χ2v) is 6.16. The summed E-state index contributed by atoms with van der Waals surface area (Å²) in [6.07, 6.45) is 4.01. The van der Waals surface area contributed by atoms with Crippen molar-refractivity contribution in [3.63, 3.8) is 0 Å². The molecule has 0 radical (unpaired) electrons. The number of nitrogens with one attached hydrogen (secondary N) is 1. The summed E-state index contributed by atoms with van der Waals surface area (Å²) >= 11 is 6.03. The molecule has 0 aliphatic heterocycles. The van der Waals surface area contributed by atoms with Gasteiger partial charge in [0.25, 0.3) is 0 Å². The molecule has 0 aromatic carbocycles. The first kappa shape index (κ1) is 15.7. The standard InChI is InChI=1S/C11H20ClNO2S/c1-5-7-13-16(14,15)10(4)8-11(12)9(3)6-2/h6,8-9,11,13H,2,5,7H2,1,3-4H3/b10-8+. The summed E-state index contributed by atoms with van der Waals surface area (Å²) in [7, 11) is -3.37. The quantitative estimate of drug-likeness (QED) is 0.568. The van der Waals surface area contributed by atoms with E-state index in [2.05, 4.69) is 11.3 Å². The fourth-order valence-electron chi connectivity index (χ4n) is 0.946. The number of allylic oxidation sites excluding steroid dienone is 3. The van der Waals surface area contributed by atoms with E-state index in [1.165, 1.54) is 0 Å². The van der Waals surface area contributed by atoms with Crippen molar-refractivity contribution in [3.8, 4) is 0 Å². The smallest absolute Gasteiger partial charge is 0.211 e. The molecule has 5 heteroatoms. The number of hydrogen-bond acceptors (Lipinski definition) is 2. The van der Waals surface area contributed by atoms with Crippen LogP contribution in [0.2, 0.25) is 0 Å². The Balaban J connectivity index is 4.70. The van der Waals surface area contributed by atoms with E-state index in [-0.39, 0.29) is 16.2 Å². The van der Waals surface area contributed by atoms with Crippen molar-refractivity contribution >= 4 is 21.6 Å². The van der Waals surface area contributed by atoms with Gasteiger partial charge in [0.05, 0.1) is 10.3 Å². The van der Waals surface area contributed by atoms with Crippen LogP contribution in [-0.2, 0) is 10.0 Å². The van der Waals surface area contributed by atoms with Gasteiger partial charge in [-0.15, -0.1) is 18.2 Å². The van der Waals surface area contributed by atoms with Gasteiger partial charge < -0.3 is 0 Å². The monoisotopic (exact) mass is 265 g/mol. The van der Waals surface area contributed by atoms with Crippen molar-refractivity contribution in [2.75, 3.05) is 6.54 Å². The summed E-state index contributed by atoms with van der Waals surface area (Å²) < 4.78 is 25.8. The number of rotatable bonds is 7. The van der Waals surface area contributed by atoms with Gasteiger partial charge in [0, 0.05) is 6.54 Å². The summed E-state index contributed by atoms with van der Waals surface area (Å²) in [6.45, 7) is 9.41. The van der Waals surface area contributed by atoms with E-state index < -0.39 is 10.0 Å². The lowest BCUT2D eigenvalue weighted by Gasteiger charge is -2.12. The van der Waals surface area contributed by atoms with Crippen LogP contribution >= 0.6 is 11.6 Å². The third-order valence-electron chi connectivity index (χ3n) is 2.23. The molecule has 0 bridgehead atoms. The molecule has 0 amide bonds. The minimum Gasteiger partial charge on any atom is -0.211 e. The molecule has 0 aromatic rings. The predicted octanol–water partition coefficient (Wildman–Crippen LogP) is 2.65. The maximum Gasteiger partial charge on any atom is 0.236 e. The molecular formula is C11H20ClNO2S. The van der Waals surface area contributed by atoms with Gasteiger partial charge in [0.15, 0.2) is 0 Å². The minimum absolute atomic E-state index is 0.0398. The van der Waals surface area contributed by atoms with E-state index in [1.54, 1.807) is 19.1 Å². The van der Waals surface area contributed by atoms with Crippen molar-refractivity contribution < 1.29 is 8.42 Å². The van der Waals surface area contributed by atoms with Crippen LogP contribution in [0.5, 0.6) is 0 Å². The fraction of sp³-hybridized carbons (Fsp3) is 0.636. The van der Waals surface area contributed by atoms with Crippen LogP contribution in [0, 0.1) is 5.92 Å². The van der Waals surface area contributed by atoms with Crippen molar-refractivity contribution in [3.05, 3.63) is 23.6 Å². The van der Waals surface area contributed by atoms with Crippen LogP contribution in [0.25, 0.3) is 0 Å². The second-order valence-electron chi connectivity index (χ2n) is 3.71. The average molecular weight is 266 g/mol. The molecule has 0 saturated carbocycles. The summed E-state index contributed by atoms with van der Waals surface area (Å²) in [5.74, 6) is 0.0398. The predicted molar refractivity (Wildman–Crippen MR) is 70.0 cm³/mol. The Bertz CT molecular complexity index is 349. The van der Waals surface area contributed by atoms with Gasteiger partial charge >= 0.3 is 0 Å². The van der Waals surface area contributed by atoms with Crippen molar-refractivity contribution in [2.45, 2.75) is 32.6 Å². The molecule has 0 aliphatic carbocycles. The van der Waals surface area contributed by atoms with Gasteiger partial charge in [0.1, 0.15) is 0 Å². The van der Waals surface area contributed by atoms with Gasteiger partial charge in [-0.2, -0.15) is 0 Å². The number of sulfonamides is 1. The molecule has 0 saturated heterocycles. The maximum atomic E-state index is 11.7. The van der Waals surface area contributed by atoms with Gasteiger partial charge in [-0.05, 0) is 19.3 Å². The van der Waals surface area contributed by atoms with Gasteiger partial charge in [-0.25, -0.2) is 13.1 Å². The van der Waals surface area contributed by atoms with E-state index in [0.29, 0.717) is 6.54 Å². The number of hydrogen-bond donors (Lipinski definition) is 1. The number of halogens is 1. The van der Waals surface area contributed by atoms with E-state index in [0.717, 1.165) is 6.42 Å². The van der Waals surface area contributed by atoms with Crippen molar-refractivity contribution in [1.82, 2.24) is 4.72 Å². The topological polar surface area (TPSA) is 46.2 Å². The minimum atomic E-state index is -3.37. The van der Waals surface area contributed by atoms with E-state index >= 15 is 0 Å². The van der Waals surface area contributed by atoms with E-state index in [4.69, 9.17) is 11.6 Å². The highest BCUT2D eigenvalue weighted by atomic mass is 35.5. The first-order chi connectivity index (χ1) is 7.35. The van der Waals surface area contributed by atoms with Crippen LogP contribution in [0.15, 0.2) is 23.6 Å². The molecule has 1 N–H and O–H groups in total. The SMILES string of the molecule is C=CC(C)C(Cl)/C=C(\C)S(=O)(=O)NCCC. The first-order valence-corrected chi connectivity index (χ1v) is 7.21. The largest absolute Gasteiger partial charge is 0.236 e. The third-order valence-corrected chi connectivity index (χ3v) is 4.33. The zero-order valence-electron chi connectivity index (χ0n) is 10.0. The molecule has 0 heterocycles. The zero-order chi connectivity index (χ0) is 12.8. The fourth-order valence-corrected chi connectivity index (χ4v) is 2.34. The molecule has 2 unspecified atom stereocenters. The van der Waals surface area contributed by atoms with Crippen LogP contribution in [-0.4, -0.2) is 20.3 Å². The Morgan fingerprint density at radius 1 is 1.56 bits per heavy atom. The summed E-state index contributed by atoms with van der Waals surface area (Å²) in [5, 5.41) is -0.351. The summed E-state index contributed by atoms with van der Waals surface area (Å²) in [6, 6.07) is 0. The first-order valence-electron chi connectivity index (χ1n) is 5.29. The molecular weight excluding hydrogens is 246 g/mol. The number of alkyl halides is 1. The van der Waals surface area contributed by atoms with E-state index in [9.17, 15) is 8.42 Å². The van der Waals surface area contributed by atoms with Crippen LogP contribution in [0.4, 0.5) is 0 Å². The van der Waals surface area contributed by atoms with E-state index in [1.807, 2.05) is 13.8 Å². The van der Waals surface area contributed by atoms with Crippen LogP contribution in [0.3, 0.4) is 0 Å². The highest BCUT2D eigenvalue weighted by molar-refractivity contribution is 7.93. The lowest BCUT2D eigenvalue weighted by atomic mass is 10.1. The van der Waals surface area contributed by atoms with Crippen molar-refractivity contribution in [2.24, 2.45) is 5.92 Å². The Morgan fingerprint density at radius 3 is 2.56 bits per heavy atom. The molecule has 3 nitrogen and oxygen atoms in total. The molecule has 0 aliphatic rings. The molecule has 0 fully saturated rings. The van der Waals surface area contributed by atoms with Gasteiger partial charge in [-0.1, -0.05) is 26.0 Å². The molecule has 0 aromatic heterocycles. The third kappa shape index (κ3) is 5.14. The summed E-state index contributed by atoms with van der Waals surface area (Å²) in [4.78, 5) is 0.259. The highest BCUT2D eigenvalue weighted by Gasteiger charge is 2.15. The summed E-state index contributed by atoms with van der Waals surface area (Å²) in [5.41, 5.74) is 0. The maximum absolute atomic E-state index is 11.7. The van der Waals surface area contributed by atoms with Crippen LogP contribution in [0.1, 0.15) is 27.2 Å². The highest BCUT2D eigenvalue weighted by Crippen LogP contribution is 2.16.